The number of aliphatic hydroxyl groups excluding tert-OH is 1. The Kier molecular flexibility index (Phi) is 6.02. The minimum atomic E-state index is -0.529. The van der Waals surface area contributed by atoms with Crippen LogP contribution in [0.2, 0.25) is 0 Å². The SMILES string of the molecule is CC(C)(C)OC(=O)NC1CCC(O)CC1OCc1ccccc1. The molecule has 0 bridgehead atoms. The largest absolute Gasteiger partial charge is 0.444 e. The highest BCUT2D eigenvalue weighted by atomic mass is 16.6. The van der Waals surface area contributed by atoms with Gasteiger partial charge in [-0.15, -0.1) is 0 Å². The first-order valence-corrected chi connectivity index (χ1v) is 8.16. The van der Waals surface area contributed by atoms with Crippen LogP contribution in [0.25, 0.3) is 0 Å². The summed E-state index contributed by atoms with van der Waals surface area (Å²) in [6.07, 6.45) is 0.824. The van der Waals surface area contributed by atoms with Gasteiger partial charge in [0.1, 0.15) is 5.60 Å². The van der Waals surface area contributed by atoms with Crippen molar-refractivity contribution >= 4 is 6.09 Å². The van der Waals surface area contributed by atoms with E-state index in [0.717, 1.165) is 5.56 Å². The summed E-state index contributed by atoms with van der Waals surface area (Å²) in [5, 5.41) is 12.8. The van der Waals surface area contributed by atoms with Crippen molar-refractivity contribution in [1.82, 2.24) is 5.32 Å². The van der Waals surface area contributed by atoms with Crippen LogP contribution < -0.4 is 5.32 Å². The summed E-state index contributed by atoms with van der Waals surface area (Å²) in [6.45, 7) is 5.96. The molecule has 0 aliphatic heterocycles. The van der Waals surface area contributed by atoms with Gasteiger partial charge >= 0.3 is 6.09 Å². The molecule has 1 aromatic rings. The van der Waals surface area contributed by atoms with Crippen molar-refractivity contribution in [2.24, 2.45) is 0 Å². The molecule has 3 atom stereocenters. The van der Waals surface area contributed by atoms with Gasteiger partial charge in [-0.05, 0) is 39.2 Å². The normalized spacial score (nSPS) is 25.0. The topological polar surface area (TPSA) is 67.8 Å². The molecule has 5 nitrogen and oxygen atoms in total. The molecule has 0 heterocycles. The Morgan fingerprint density at radius 2 is 1.96 bits per heavy atom. The molecule has 0 aromatic heterocycles. The fraction of sp³-hybridized carbons (Fsp3) is 0.611. The first-order chi connectivity index (χ1) is 10.8. The molecule has 1 saturated carbocycles. The smallest absolute Gasteiger partial charge is 0.407 e. The molecule has 128 valence electrons. The van der Waals surface area contributed by atoms with Crippen LogP contribution in [0, 0.1) is 0 Å². The van der Waals surface area contributed by atoms with Gasteiger partial charge in [-0.2, -0.15) is 0 Å². The number of hydrogen-bond donors (Lipinski definition) is 2. The summed E-state index contributed by atoms with van der Waals surface area (Å²) in [5.41, 5.74) is 0.544. The third-order valence-corrected chi connectivity index (χ3v) is 3.77. The second kappa shape index (κ2) is 7.79. The number of alkyl carbamates (subject to hydrolysis) is 1. The van der Waals surface area contributed by atoms with Crippen LogP contribution >= 0.6 is 0 Å². The number of nitrogens with one attached hydrogen (secondary N) is 1. The Morgan fingerprint density at radius 3 is 2.61 bits per heavy atom. The Balaban J connectivity index is 1.91. The van der Waals surface area contributed by atoms with Crippen molar-refractivity contribution in [3.8, 4) is 0 Å². The number of carbonyl (C=O) groups is 1. The number of carbonyl (C=O) groups excluding carboxylic acids is 1. The van der Waals surface area contributed by atoms with E-state index in [2.05, 4.69) is 5.32 Å². The lowest BCUT2D eigenvalue weighted by atomic mass is 9.90. The monoisotopic (exact) mass is 321 g/mol. The van der Waals surface area contributed by atoms with Gasteiger partial charge in [-0.3, -0.25) is 0 Å². The molecule has 1 amide bonds. The molecule has 1 aromatic carbocycles. The van der Waals surface area contributed by atoms with E-state index in [0.29, 0.717) is 25.9 Å². The van der Waals surface area contributed by atoms with Crippen LogP contribution in [-0.2, 0) is 16.1 Å². The van der Waals surface area contributed by atoms with Crippen LogP contribution in [-0.4, -0.2) is 35.1 Å². The van der Waals surface area contributed by atoms with Gasteiger partial charge in [-0.1, -0.05) is 30.3 Å². The number of rotatable bonds is 4. The zero-order chi connectivity index (χ0) is 16.9. The first kappa shape index (κ1) is 17.8. The average Bonchev–Trinajstić information content (AvgIpc) is 2.46. The summed E-state index contributed by atoms with van der Waals surface area (Å²) in [5.74, 6) is 0. The van der Waals surface area contributed by atoms with Crippen molar-refractivity contribution in [1.29, 1.82) is 0 Å². The Hall–Kier alpha value is -1.59. The molecule has 1 aliphatic rings. The average molecular weight is 321 g/mol. The predicted octanol–water partition coefficient (Wildman–Crippen LogP) is 3.01. The highest BCUT2D eigenvalue weighted by molar-refractivity contribution is 5.68. The molecular formula is C18H27NO4. The Morgan fingerprint density at radius 1 is 1.26 bits per heavy atom. The van der Waals surface area contributed by atoms with Crippen molar-refractivity contribution < 1.29 is 19.4 Å². The third-order valence-electron chi connectivity index (χ3n) is 3.77. The molecule has 1 aliphatic carbocycles. The summed E-state index contributed by atoms with van der Waals surface area (Å²) >= 11 is 0. The number of aliphatic hydroxyl groups is 1. The van der Waals surface area contributed by atoms with Gasteiger partial charge in [0.15, 0.2) is 0 Å². The lowest BCUT2D eigenvalue weighted by molar-refractivity contribution is -0.0444. The maximum atomic E-state index is 12.0. The minimum absolute atomic E-state index is 0.142. The van der Waals surface area contributed by atoms with E-state index in [1.807, 2.05) is 51.1 Å². The first-order valence-electron chi connectivity index (χ1n) is 8.16. The maximum absolute atomic E-state index is 12.0. The summed E-state index contributed by atoms with van der Waals surface area (Å²) < 4.78 is 11.3. The number of amides is 1. The fourth-order valence-electron chi connectivity index (χ4n) is 2.69. The highest BCUT2D eigenvalue weighted by Gasteiger charge is 2.32. The summed E-state index contributed by atoms with van der Waals surface area (Å²) in [4.78, 5) is 12.0. The second-order valence-corrected chi connectivity index (χ2v) is 7.05. The Bertz CT molecular complexity index is 497. The van der Waals surface area contributed by atoms with Crippen LogP contribution in [0.5, 0.6) is 0 Å². The van der Waals surface area contributed by atoms with E-state index in [1.165, 1.54) is 0 Å². The van der Waals surface area contributed by atoms with Crippen molar-refractivity contribution in [2.75, 3.05) is 0 Å². The predicted molar refractivity (Wildman–Crippen MR) is 88.0 cm³/mol. The molecule has 0 saturated heterocycles. The van der Waals surface area contributed by atoms with Gasteiger partial charge < -0.3 is 19.9 Å². The molecule has 5 heteroatoms. The molecular weight excluding hydrogens is 294 g/mol. The van der Waals surface area contributed by atoms with E-state index >= 15 is 0 Å². The van der Waals surface area contributed by atoms with E-state index in [9.17, 15) is 9.90 Å². The minimum Gasteiger partial charge on any atom is -0.444 e. The van der Waals surface area contributed by atoms with Gasteiger partial charge in [0, 0.05) is 6.42 Å². The zero-order valence-corrected chi connectivity index (χ0v) is 14.1. The number of hydrogen-bond acceptors (Lipinski definition) is 4. The molecule has 3 unspecified atom stereocenters. The van der Waals surface area contributed by atoms with Crippen molar-refractivity contribution in [3.63, 3.8) is 0 Å². The van der Waals surface area contributed by atoms with E-state index in [-0.39, 0.29) is 18.2 Å². The number of benzene rings is 1. The highest BCUT2D eigenvalue weighted by Crippen LogP contribution is 2.23. The number of ether oxygens (including phenoxy) is 2. The molecule has 23 heavy (non-hydrogen) atoms. The second-order valence-electron chi connectivity index (χ2n) is 7.05. The zero-order valence-electron chi connectivity index (χ0n) is 14.1. The third kappa shape index (κ3) is 6.20. The molecule has 2 N–H and O–H groups in total. The van der Waals surface area contributed by atoms with Crippen LogP contribution in [0.15, 0.2) is 30.3 Å². The maximum Gasteiger partial charge on any atom is 0.407 e. The van der Waals surface area contributed by atoms with Crippen molar-refractivity contribution in [3.05, 3.63) is 35.9 Å². The molecule has 0 spiro atoms. The van der Waals surface area contributed by atoms with E-state index in [1.54, 1.807) is 0 Å². The summed E-state index contributed by atoms with van der Waals surface area (Å²) in [6, 6.07) is 9.73. The lowest BCUT2D eigenvalue weighted by Crippen LogP contribution is -2.50. The molecule has 1 fully saturated rings. The van der Waals surface area contributed by atoms with Crippen LogP contribution in [0.1, 0.15) is 45.6 Å². The molecule has 0 radical (unpaired) electrons. The van der Waals surface area contributed by atoms with Gasteiger partial charge in [-0.25, -0.2) is 4.79 Å². The van der Waals surface area contributed by atoms with Gasteiger partial charge in [0.05, 0.1) is 24.9 Å². The summed E-state index contributed by atoms with van der Waals surface area (Å²) in [7, 11) is 0. The Labute approximate surface area is 138 Å². The van der Waals surface area contributed by atoms with E-state index < -0.39 is 11.7 Å². The van der Waals surface area contributed by atoms with Crippen molar-refractivity contribution in [2.45, 2.75) is 70.5 Å². The lowest BCUT2D eigenvalue weighted by Gasteiger charge is -2.35. The van der Waals surface area contributed by atoms with Crippen LogP contribution in [0.3, 0.4) is 0 Å². The fourth-order valence-corrected chi connectivity index (χ4v) is 2.69. The standard InChI is InChI=1S/C18H27NO4/c1-18(2,3)23-17(21)19-15-10-9-14(20)11-16(15)22-12-13-7-5-4-6-8-13/h4-8,14-16,20H,9-12H2,1-3H3,(H,19,21). The van der Waals surface area contributed by atoms with Crippen LogP contribution in [0.4, 0.5) is 4.79 Å². The quantitative estimate of drug-likeness (QED) is 0.894. The van der Waals surface area contributed by atoms with Gasteiger partial charge in [0.2, 0.25) is 0 Å². The van der Waals surface area contributed by atoms with Gasteiger partial charge in [0.25, 0.3) is 0 Å². The van der Waals surface area contributed by atoms with E-state index in [4.69, 9.17) is 9.47 Å². The molecule has 2 rings (SSSR count).